The molecule has 3 rings (SSSR count). The van der Waals surface area contributed by atoms with Gasteiger partial charge < -0.3 is 0 Å². The summed E-state index contributed by atoms with van der Waals surface area (Å²) in [5.74, 6) is 0. The van der Waals surface area contributed by atoms with Crippen LogP contribution in [0.15, 0.2) is 72.8 Å². The van der Waals surface area contributed by atoms with Crippen LogP contribution in [0.1, 0.15) is 30.0 Å². The van der Waals surface area contributed by atoms with Crippen molar-refractivity contribution in [3.05, 3.63) is 89.5 Å². The molecule has 0 radical (unpaired) electrons. The standard InChI is InChI=1S/C24H30O4P2/c1-5-18-30(28-29(25,26)27,22-12-6-19(2)7-13-22,23-14-8-20(3)9-15-23)24-16-10-21(4)11-17-24/h6-17H,5,18H2,1-4H3,(H2,25,26,27). The molecule has 3 aromatic carbocycles. The second-order valence-corrected chi connectivity index (χ2v) is 14.1. The molecule has 0 aliphatic carbocycles. The minimum atomic E-state index is -4.86. The van der Waals surface area contributed by atoms with Crippen molar-refractivity contribution in [1.82, 2.24) is 0 Å². The molecule has 0 saturated carbocycles. The fraction of sp³-hybridized carbons (Fsp3) is 0.250. The van der Waals surface area contributed by atoms with Gasteiger partial charge in [0.2, 0.25) is 0 Å². The molecule has 160 valence electrons. The maximum absolute atomic E-state index is 12.6. The van der Waals surface area contributed by atoms with Crippen LogP contribution in [0, 0.1) is 20.8 Å². The SMILES string of the molecule is CCCP(OP(=O)(O)O)(c1ccc(C)cc1)(c1ccc(C)cc1)c1ccc(C)cc1. The summed E-state index contributed by atoms with van der Waals surface area (Å²) in [6.45, 7) is 4.07. The summed E-state index contributed by atoms with van der Waals surface area (Å²) in [6, 6.07) is 23.7. The van der Waals surface area contributed by atoms with Gasteiger partial charge >= 0.3 is 179 Å². The Morgan fingerprint density at radius 3 is 1.23 bits per heavy atom. The number of phosphoric acid groups is 1. The number of rotatable bonds is 7. The predicted molar refractivity (Wildman–Crippen MR) is 128 cm³/mol. The molecular weight excluding hydrogens is 414 g/mol. The van der Waals surface area contributed by atoms with Gasteiger partial charge in [-0.3, -0.25) is 0 Å². The van der Waals surface area contributed by atoms with E-state index in [-0.39, 0.29) is 0 Å². The average molecular weight is 444 g/mol. The molecule has 0 unspecified atom stereocenters. The minimum absolute atomic E-state index is 0.492. The van der Waals surface area contributed by atoms with Crippen LogP contribution in [0.5, 0.6) is 0 Å². The van der Waals surface area contributed by atoms with Crippen molar-refractivity contribution in [1.29, 1.82) is 0 Å². The number of benzene rings is 3. The van der Waals surface area contributed by atoms with Crippen molar-refractivity contribution in [2.45, 2.75) is 34.1 Å². The van der Waals surface area contributed by atoms with Crippen LogP contribution < -0.4 is 15.9 Å². The van der Waals surface area contributed by atoms with Crippen LogP contribution >= 0.6 is 14.7 Å². The average Bonchev–Trinajstić information content (AvgIpc) is 2.68. The molecule has 0 bridgehead atoms. The normalized spacial score (nSPS) is 13.6. The van der Waals surface area contributed by atoms with E-state index in [1.54, 1.807) is 0 Å². The van der Waals surface area contributed by atoms with Crippen molar-refractivity contribution in [3.63, 3.8) is 0 Å². The molecule has 0 heterocycles. The van der Waals surface area contributed by atoms with Crippen LogP contribution in [0.25, 0.3) is 0 Å². The topological polar surface area (TPSA) is 66.8 Å². The fourth-order valence-corrected chi connectivity index (χ4v) is 12.5. The Morgan fingerprint density at radius 2 is 1.00 bits per heavy atom. The molecule has 0 atom stereocenters. The van der Waals surface area contributed by atoms with Gasteiger partial charge in [0.15, 0.2) is 0 Å². The molecule has 2 N–H and O–H groups in total. The summed E-state index contributed by atoms with van der Waals surface area (Å²) >= 11 is 0. The fourth-order valence-electron chi connectivity index (χ4n) is 4.26. The van der Waals surface area contributed by atoms with Gasteiger partial charge in [0.05, 0.1) is 0 Å². The summed E-state index contributed by atoms with van der Waals surface area (Å²) < 4.78 is 18.7. The molecule has 4 nitrogen and oxygen atoms in total. The van der Waals surface area contributed by atoms with Crippen LogP contribution in [-0.2, 0) is 8.88 Å². The Balaban J connectivity index is 2.55. The molecule has 0 amide bonds. The van der Waals surface area contributed by atoms with Gasteiger partial charge in [0.1, 0.15) is 0 Å². The third-order valence-electron chi connectivity index (χ3n) is 5.68. The molecule has 0 aliphatic rings. The maximum atomic E-state index is 12.6. The van der Waals surface area contributed by atoms with Gasteiger partial charge in [0, 0.05) is 0 Å². The zero-order valence-corrected chi connectivity index (χ0v) is 19.7. The predicted octanol–water partition coefficient (Wildman–Crippen LogP) is 4.88. The molecule has 0 aliphatic heterocycles. The first kappa shape index (κ1) is 22.9. The van der Waals surface area contributed by atoms with Crippen LogP contribution in [0.4, 0.5) is 0 Å². The molecular formula is C24H30O4P2. The molecule has 0 spiro atoms. The van der Waals surface area contributed by atoms with Crippen molar-refractivity contribution < 1.29 is 18.7 Å². The molecule has 0 fully saturated rings. The van der Waals surface area contributed by atoms with Gasteiger partial charge in [-0.25, -0.2) is 0 Å². The second kappa shape index (κ2) is 8.38. The monoisotopic (exact) mass is 444 g/mol. The van der Waals surface area contributed by atoms with E-state index in [1.807, 2.05) is 100 Å². The van der Waals surface area contributed by atoms with Crippen molar-refractivity contribution >= 4 is 30.6 Å². The summed E-state index contributed by atoms with van der Waals surface area (Å²) in [7, 11) is -4.86. The third-order valence-corrected chi connectivity index (χ3v) is 13.4. The molecule has 6 heteroatoms. The van der Waals surface area contributed by atoms with E-state index in [4.69, 9.17) is 4.31 Å². The number of aryl methyl sites for hydroxylation is 3. The Morgan fingerprint density at radius 1 is 0.700 bits per heavy atom. The summed E-state index contributed by atoms with van der Waals surface area (Å²) in [5, 5.41) is 2.47. The van der Waals surface area contributed by atoms with Crippen molar-refractivity contribution in [2.24, 2.45) is 0 Å². The summed E-state index contributed by atoms with van der Waals surface area (Å²) in [4.78, 5) is 20.4. The third kappa shape index (κ3) is 4.04. The van der Waals surface area contributed by atoms with Gasteiger partial charge in [-0.2, -0.15) is 0 Å². The van der Waals surface area contributed by atoms with Gasteiger partial charge in [-0.15, -0.1) is 0 Å². The Labute approximate surface area is 179 Å². The van der Waals surface area contributed by atoms with E-state index in [1.165, 1.54) is 0 Å². The quantitative estimate of drug-likeness (QED) is 0.510. The van der Waals surface area contributed by atoms with E-state index in [9.17, 15) is 14.4 Å². The van der Waals surface area contributed by atoms with Gasteiger partial charge in [0.25, 0.3) is 0 Å². The first-order chi connectivity index (χ1) is 14.1. The second-order valence-electron chi connectivity index (χ2n) is 8.02. The van der Waals surface area contributed by atoms with E-state index in [2.05, 4.69) is 0 Å². The van der Waals surface area contributed by atoms with E-state index >= 15 is 0 Å². The van der Waals surface area contributed by atoms with Crippen LogP contribution in [0.2, 0.25) is 0 Å². The van der Waals surface area contributed by atoms with Crippen molar-refractivity contribution in [2.75, 3.05) is 6.16 Å². The van der Waals surface area contributed by atoms with Gasteiger partial charge in [-0.05, 0) is 0 Å². The zero-order chi connectivity index (χ0) is 22.0. The summed E-state index contributed by atoms with van der Waals surface area (Å²) in [6.07, 6.45) is 1.19. The van der Waals surface area contributed by atoms with E-state index in [0.717, 1.165) is 32.6 Å². The molecule has 3 aromatic rings. The first-order valence-corrected chi connectivity index (χ1v) is 14.0. The Hall–Kier alpha value is -1.80. The van der Waals surface area contributed by atoms with E-state index in [0.29, 0.717) is 12.6 Å². The van der Waals surface area contributed by atoms with Gasteiger partial charge in [-0.1, -0.05) is 0 Å². The summed E-state index contributed by atoms with van der Waals surface area (Å²) in [5.41, 5.74) is 3.24. The molecule has 0 saturated heterocycles. The molecule has 30 heavy (non-hydrogen) atoms. The van der Waals surface area contributed by atoms with E-state index < -0.39 is 14.7 Å². The number of hydrogen-bond acceptors (Lipinski definition) is 2. The van der Waals surface area contributed by atoms with Crippen molar-refractivity contribution in [3.8, 4) is 0 Å². The van der Waals surface area contributed by atoms with Crippen LogP contribution in [0.3, 0.4) is 0 Å². The number of hydrogen-bond donors (Lipinski definition) is 2. The Bertz CT molecular complexity index is 938. The molecule has 0 aromatic heterocycles. The zero-order valence-electron chi connectivity index (χ0n) is 17.9. The Kier molecular flexibility index (Phi) is 6.39. The van der Waals surface area contributed by atoms with Crippen LogP contribution in [-0.4, -0.2) is 15.9 Å². The first-order valence-electron chi connectivity index (χ1n) is 10.1.